The molecule has 0 rings (SSSR count). The van der Waals surface area contributed by atoms with Crippen LogP contribution in [0.15, 0.2) is 24.3 Å². The number of aliphatic hydroxyl groups is 1. The highest BCUT2D eigenvalue weighted by atomic mass is 31.2. The van der Waals surface area contributed by atoms with Crippen LogP contribution in [0.2, 0.25) is 0 Å². The normalized spacial score (nSPS) is 14.4. The van der Waals surface area contributed by atoms with Crippen LogP contribution in [0.3, 0.4) is 0 Å². The van der Waals surface area contributed by atoms with Crippen molar-refractivity contribution in [1.29, 1.82) is 0 Å². The minimum atomic E-state index is -4.59. The Bertz CT molecular complexity index is 984. The van der Waals surface area contributed by atoms with Crippen molar-refractivity contribution >= 4 is 13.7 Å². The molecule has 0 heterocycles. The van der Waals surface area contributed by atoms with Crippen molar-refractivity contribution in [2.45, 2.75) is 238 Å². The molecule has 0 aromatic heterocycles. The van der Waals surface area contributed by atoms with Crippen molar-refractivity contribution in [2.24, 2.45) is 0 Å². The second-order valence-electron chi connectivity index (χ2n) is 17.8. The number of carbonyl (C=O) groups excluding carboxylic acids is 1. The fraction of sp³-hybridized carbons (Fsp3) is 0.896. The van der Waals surface area contributed by atoms with Crippen LogP contribution in [0, 0.1) is 0 Å². The summed E-state index contributed by atoms with van der Waals surface area (Å²) >= 11 is 0. The number of amides is 1. The van der Waals surface area contributed by atoms with Gasteiger partial charge in [0, 0.05) is 6.42 Å². The fourth-order valence-electron chi connectivity index (χ4n) is 7.03. The number of phosphoric acid groups is 1. The maximum absolute atomic E-state index is 12.8. The number of quaternary nitrogens is 1. The van der Waals surface area contributed by atoms with Crippen LogP contribution in [0.25, 0.3) is 0 Å². The summed E-state index contributed by atoms with van der Waals surface area (Å²) in [7, 11) is 1.26. The molecular weight excluding hydrogens is 732 g/mol. The topological polar surface area (TPSA) is 108 Å². The number of allylic oxidation sites excluding steroid dienone is 3. The average Bonchev–Trinajstić information content (AvgIpc) is 3.16. The number of aliphatic hydroxyl groups excluding tert-OH is 1. The Morgan fingerprint density at radius 1 is 0.596 bits per heavy atom. The van der Waals surface area contributed by atoms with Gasteiger partial charge in [-0.1, -0.05) is 199 Å². The van der Waals surface area contributed by atoms with Crippen LogP contribution in [0.4, 0.5) is 0 Å². The van der Waals surface area contributed by atoms with E-state index in [1.165, 1.54) is 154 Å². The SMILES string of the molecule is CCCCC/C=C\CCCCCCCC(=O)NC(COP(=O)([O-])OCC[N+](C)(C)C)C(O)/C=C/CCCCCCCCCCCCCCCCCCCCCCC. The average molecular weight is 827 g/mol. The molecule has 0 aliphatic rings. The Morgan fingerprint density at radius 2 is 0.965 bits per heavy atom. The molecule has 338 valence electrons. The van der Waals surface area contributed by atoms with Crippen molar-refractivity contribution in [1.82, 2.24) is 5.32 Å². The van der Waals surface area contributed by atoms with E-state index in [0.29, 0.717) is 17.4 Å². The fourth-order valence-corrected chi connectivity index (χ4v) is 7.75. The summed E-state index contributed by atoms with van der Waals surface area (Å²) in [4.78, 5) is 25.3. The first-order chi connectivity index (χ1) is 27.5. The van der Waals surface area contributed by atoms with Gasteiger partial charge in [-0.25, -0.2) is 0 Å². The molecule has 3 atom stereocenters. The minimum Gasteiger partial charge on any atom is -0.756 e. The first-order valence-electron chi connectivity index (χ1n) is 24.2. The third-order valence-electron chi connectivity index (χ3n) is 10.9. The zero-order chi connectivity index (χ0) is 42.1. The van der Waals surface area contributed by atoms with Gasteiger partial charge in [-0.15, -0.1) is 0 Å². The molecule has 0 bridgehead atoms. The molecule has 0 fully saturated rings. The van der Waals surface area contributed by atoms with Crippen molar-refractivity contribution in [2.75, 3.05) is 40.9 Å². The second kappa shape index (κ2) is 40.4. The van der Waals surface area contributed by atoms with Gasteiger partial charge in [-0.05, 0) is 44.9 Å². The van der Waals surface area contributed by atoms with Crippen LogP contribution in [0.5, 0.6) is 0 Å². The molecule has 0 saturated carbocycles. The van der Waals surface area contributed by atoms with Gasteiger partial charge >= 0.3 is 0 Å². The summed E-state index contributed by atoms with van der Waals surface area (Å²) in [6.07, 6.45) is 48.1. The third kappa shape index (κ3) is 42.9. The Labute approximate surface area is 354 Å². The van der Waals surface area contributed by atoms with E-state index >= 15 is 0 Å². The van der Waals surface area contributed by atoms with Crippen LogP contribution in [-0.2, 0) is 18.4 Å². The van der Waals surface area contributed by atoms with Crippen molar-refractivity contribution in [3.63, 3.8) is 0 Å². The monoisotopic (exact) mass is 827 g/mol. The van der Waals surface area contributed by atoms with Gasteiger partial charge in [0.25, 0.3) is 7.82 Å². The molecule has 1 amide bonds. The van der Waals surface area contributed by atoms with E-state index in [4.69, 9.17) is 9.05 Å². The summed E-state index contributed by atoms with van der Waals surface area (Å²) in [5, 5.41) is 13.8. The van der Waals surface area contributed by atoms with E-state index in [1.54, 1.807) is 6.08 Å². The summed E-state index contributed by atoms with van der Waals surface area (Å²) in [6, 6.07) is -0.887. The lowest BCUT2D eigenvalue weighted by Crippen LogP contribution is -2.45. The van der Waals surface area contributed by atoms with Gasteiger partial charge in [-0.2, -0.15) is 0 Å². The summed E-state index contributed by atoms with van der Waals surface area (Å²) in [5.74, 6) is -0.206. The lowest BCUT2D eigenvalue weighted by Gasteiger charge is -2.29. The van der Waals surface area contributed by atoms with Crippen LogP contribution >= 0.6 is 7.82 Å². The zero-order valence-corrected chi connectivity index (χ0v) is 39.2. The number of hydrogen-bond acceptors (Lipinski definition) is 6. The van der Waals surface area contributed by atoms with E-state index in [1.807, 2.05) is 27.2 Å². The molecule has 0 aliphatic heterocycles. The molecule has 0 aromatic rings. The van der Waals surface area contributed by atoms with Gasteiger partial charge in [0.1, 0.15) is 13.2 Å². The first kappa shape index (κ1) is 56.0. The van der Waals surface area contributed by atoms with Crippen molar-refractivity contribution in [3.05, 3.63) is 24.3 Å². The molecule has 2 N–H and O–H groups in total. The smallest absolute Gasteiger partial charge is 0.268 e. The van der Waals surface area contributed by atoms with Gasteiger partial charge < -0.3 is 28.8 Å². The third-order valence-corrected chi connectivity index (χ3v) is 11.9. The first-order valence-corrected chi connectivity index (χ1v) is 25.7. The number of hydrogen-bond donors (Lipinski definition) is 2. The van der Waals surface area contributed by atoms with Gasteiger partial charge in [0.05, 0.1) is 39.9 Å². The molecule has 0 saturated heterocycles. The quantitative estimate of drug-likeness (QED) is 0.0274. The number of rotatable bonds is 44. The number of nitrogens with one attached hydrogen (secondary N) is 1. The van der Waals surface area contributed by atoms with E-state index < -0.39 is 20.0 Å². The molecule has 0 spiro atoms. The summed E-state index contributed by atoms with van der Waals surface area (Å²) in [5.41, 5.74) is 0. The van der Waals surface area contributed by atoms with Gasteiger partial charge in [-0.3, -0.25) is 9.36 Å². The molecule has 8 nitrogen and oxygen atoms in total. The molecule has 0 radical (unpaired) electrons. The predicted molar refractivity (Wildman–Crippen MR) is 242 cm³/mol. The number of phosphoric ester groups is 1. The van der Waals surface area contributed by atoms with Crippen molar-refractivity contribution in [3.8, 4) is 0 Å². The van der Waals surface area contributed by atoms with E-state index in [2.05, 4.69) is 31.3 Å². The van der Waals surface area contributed by atoms with Crippen LogP contribution < -0.4 is 10.2 Å². The Morgan fingerprint density at radius 3 is 1.40 bits per heavy atom. The molecule has 9 heteroatoms. The molecule has 3 unspecified atom stereocenters. The van der Waals surface area contributed by atoms with Gasteiger partial charge in [0.2, 0.25) is 5.91 Å². The highest BCUT2D eigenvalue weighted by molar-refractivity contribution is 7.45. The highest BCUT2D eigenvalue weighted by Crippen LogP contribution is 2.38. The summed E-state index contributed by atoms with van der Waals surface area (Å²) in [6.45, 7) is 4.63. The minimum absolute atomic E-state index is 0.00147. The molecular formula is C48H95N2O6P. The number of unbranched alkanes of at least 4 members (excludes halogenated alkanes) is 29. The maximum Gasteiger partial charge on any atom is 0.268 e. The highest BCUT2D eigenvalue weighted by Gasteiger charge is 2.23. The lowest BCUT2D eigenvalue weighted by molar-refractivity contribution is -0.870. The largest absolute Gasteiger partial charge is 0.756 e. The van der Waals surface area contributed by atoms with E-state index in [-0.39, 0.29) is 19.1 Å². The zero-order valence-electron chi connectivity index (χ0n) is 38.3. The Kier molecular flexibility index (Phi) is 39.7. The number of nitrogens with zero attached hydrogens (tertiary/aromatic N) is 1. The van der Waals surface area contributed by atoms with Crippen LogP contribution in [-0.4, -0.2) is 68.5 Å². The van der Waals surface area contributed by atoms with Crippen molar-refractivity contribution < 1.29 is 32.9 Å². The number of carbonyl (C=O) groups is 1. The van der Waals surface area contributed by atoms with Crippen LogP contribution in [0.1, 0.15) is 226 Å². The van der Waals surface area contributed by atoms with E-state index in [0.717, 1.165) is 51.4 Å². The molecule has 57 heavy (non-hydrogen) atoms. The Balaban J connectivity index is 4.27. The van der Waals surface area contributed by atoms with Gasteiger partial charge in [0.15, 0.2) is 0 Å². The second-order valence-corrected chi connectivity index (χ2v) is 19.2. The van der Waals surface area contributed by atoms with E-state index in [9.17, 15) is 19.4 Å². The standard InChI is InChI=1S/C48H95N2O6P/c1-6-8-10-12-14-16-18-20-21-22-23-24-25-26-27-28-29-30-31-33-35-37-39-41-47(51)46(45-56-57(53,54)55-44-43-50(3,4)5)49-48(52)42-40-38-36-34-32-19-17-15-13-11-9-7-2/h15,17,39,41,46-47,51H,6-14,16,18-38,40,42-45H2,1-5H3,(H-,49,52,53,54)/b17-15-,41-39+. The molecule has 0 aliphatic carbocycles. The maximum atomic E-state index is 12.8. The Hall–Kier alpha value is -1.02. The number of likely N-dealkylation sites (N-methyl/N-ethyl adjacent to an activating group) is 1. The molecule has 0 aromatic carbocycles. The predicted octanol–water partition coefficient (Wildman–Crippen LogP) is 13.1. The summed E-state index contributed by atoms with van der Waals surface area (Å²) < 4.78 is 23.2. The lowest BCUT2D eigenvalue weighted by atomic mass is 10.0.